The second-order valence-electron chi connectivity index (χ2n) is 6.15. The van der Waals surface area contributed by atoms with Crippen LogP contribution in [-0.2, 0) is 19.5 Å². The number of benzene rings is 1. The van der Waals surface area contributed by atoms with E-state index in [4.69, 9.17) is 16.7 Å². The van der Waals surface area contributed by atoms with E-state index in [1.165, 1.54) is 5.56 Å². The van der Waals surface area contributed by atoms with Gasteiger partial charge in [0, 0.05) is 38.3 Å². The Kier molecular flexibility index (Phi) is 5.87. The van der Waals surface area contributed by atoms with Crippen LogP contribution in [0.25, 0.3) is 0 Å². The average molecular weight is 357 g/mol. The molecule has 0 aliphatic carbocycles. The smallest absolute Gasteiger partial charge is 0.149 e. The highest BCUT2D eigenvalue weighted by Crippen LogP contribution is 2.32. The van der Waals surface area contributed by atoms with Crippen molar-refractivity contribution in [3.8, 4) is 6.07 Å². The molecule has 0 fully saturated rings. The molecule has 0 amide bonds. The number of hydrogen-bond acceptors (Lipinski definition) is 5. The maximum Gasteiger partial charge on any atom is 0.149 e. The lowest BCUT2D eigenvalue weighted by atomic mass is 9.96. The highest BCUT2D eigenvalue weighted by Gasteiger charge is 2.25. The number of nitrogens with zero attached hydrogens (tertiary/aromatic N) is 3. The highest BCUT2D eigenvalue weighted by atomic mass is 35.5. The number of aromatic nitrogens is 1. The molecule has 0 spiro atoms. The van der Waals surface area contributed by atoms with Crippen molar-refractivity contribution in [3.63, 3.8) is 0 Å². The molecule has 1 aliphatic rings. The summed E-state index contributed by atoms with van der Waals surface area (Å²) in [5, 5.41) is 21.9. The molecule has 5 nitrogen and oxygen atoms in total. The molecule has 130 valence electrons. The molecule has 0 unspecified atom stereocenters. The van der Waals surface area contributed by atoms with Gasteiger partial charge < -0.3 is 10.4 Å². The van der Waals surface area contributed by atoms with Crippen LogP contribution in [0.4, 0.5) is 5.82 Å². The van der Waals surface area contributed by atoms with Crippen LogP contribution in [0.15, 0.2) is 30.3 Å². The fourth-order valence-corrected chi connectivity index (χ4v) is 3.42. The van der Waals surface area contributed by atoms with Crippen LogP contribution in [-0.4, -0.2) is 34.7 Å². The molecular formula is C19H21ClN4O. The molecule has 1 aromatic carbocycles. The highest BCUT2D eigenvalue weighted by molar-refractivity contribution is 6.30. The van der Waals surface area contributed by atoms with Gasteiger partial charge >= 0.3 is 0 Å². The lowest BCUT2D eigenvalue weighted by molar-refractivity contribution is 0.245. The molecule has 0 saturated carbocycles. The zero-order valence-electron chi connectivity index (χ0n) is 14.0. The number of aliphatic hydroxyl groups excluding tert-OH is 1. The van der Waals surface area contributed by atoms with Crippen LogP contribution in [0.1, 0.15) is 28.7 Å². The summed E-state index contributed by atoms with van der Waals surface area (Å²) in [6.45, 7) is 3.22. The van der Waals surface area contributed by atoms with Crippen molar-refractivity contribution in [3.05, 3.63) is 57.7 Å². The van der Waals surface area contributed by atoms with Gasteiger partial charge in [0.05, 0.1) is 5.56 Å². The summed E-state index contributed by atoms with van der Waals surface area (Å²) < 4.78 is 0. The quantitative estimate of drug-likeness (QED) is 0.615. The maximum atomic E-state index is 9.44. The first-order chi connectivity index (χ1) is 12.2. The third-order valence-electron chi connectivity index (χ3n) is 4.42. The van der Waals surface area contributed by atoms with E-state index in [0.717, 1.165) is 43.0 Å². The van der Waals surface area contributed by atoms with E-state index in [-0.39, 0.29) is 11.8 Å². The Morgan fingerprint density at radius 2 is 2.08 bits per heavy atom. The Morgan fingerprint density at radius 1 is 1.28 bits per heavy atom. The van der Waals surface area contributed by atoms with E-state index < -0.39 is 0 Å². The summed E-state index contributed by atoms with van der Waals surface area (Å²) >= 11 is 6.21. The van der Waals surface area contributed by atoms with E-state index in [0.29, 0.717) is 18.5 Å². The second-order valence-corrected chi connectivity index (χ2v) is 6.50. The molecule has 25 heavy (non-hydrogen) atoms. The van der Waals surface area contributed by atoms with E-state index in [1.54, 1.807) is 0 Å². The van der Waals surface area contributed by atoms with Gasteiger partial charge in [0.1, 0.15) is 17.0 Å². The molecule has 2 N–H and O–H groups in total. The summed E-state index contributed by atoms with van der Waals surface area (Å²) in [7, 11) is 0. The number of fused-ring (bicyclic) bond motifs is 1. The van der Waals surface area contributed by atoms with Gasteiger partial charge in [-0.05, 0) is 24.0 Å². The normalized spacial score (nSPS) is 14.0. The van der Waals surface area contributed by atoms with Crippen LogP contribution in [0, 0.1) is 11.3 Å². The SMILES string of the molecule is N#Cc1c(Cl)nc(NCCCO)c2c1CCN(Cc1ccccc1)C2. The van der Waals surface area contributed by atoms with Crippen LogP contribution >= 0.6 is 11.6 Å². The van der Waals surface area contributed by atoms with Gasteiger partial charge in [-0.1, -0.05) is 41.9 Å². The zero-order chi connectivity index (χ0) is 17.6. The van der Waals surface area contributed by atoms with Crippen molar-refractivity contribution in [1.29, 1.82) is 5.26 Å². The van der Waals surface area contributed by atoms with Crippen LogP contribution < -0.4 is 5.32 Å². The lowest BCUT2D eigenvalue weighted by Gasteiger charge is -2.31. The standard InChI is InChI=1S/C19H21ClN4O/c20-18-16(11-21)15-7-9-24(12-14-5-2-1-3-6-14)13-17(15)19(23-18)22-8-4-10-25/h1-3,5-6,25H,4,7-10,12-13H2,(H,22,23). The third-order valence-corrected chi connectivity index (χ3v) is 4.69. The number of hydrogen-bond donors (Lipinski definition) is 2. The number of pyridine rings is 1. The number of halogens is 1. The van der Waals surface area contributed by atoms with Crippen LogP contribution in [0.3, 0.4) is 0 Å². The Morgan fingerprint density at radius 3 is 2.80 bits per heavy atom. The largest absolute Gasteiger partial charge is 0.396 e. The zero-order valence-corrected chi connectivity index (χ0v) is 14.8. The molecule has 3 rings (SSSR count). The van der Waals surface area contributed by atoms with Crippen molar-refractivity contribution in [1.82, 2.24) is 9.88 Å². The van der Waals surface area contributed by atoms with E-state index >= 15 is 0 Å². The molecule has 0 saturated heterocycles. The average Bonchev–Trinajstić information content (AvgIpc) is 2.63. The Bertz CT molecular complexity index is 773. The van der Waals surface area contributed by atoms with Gasteiger partial charge in [-0.25, -0.2) is 4.98 Å². The van der Waals surface area contributed by atoms with Gasteiger partial charge in [0.25, 0.3) is 0 Å². The molecular weight excluding hydrogens is 336 g/mol. The van der Waals surface area contributed by atoms with E-state index in [1.807, 2.05) is 18.2 Å². The molecule has 2 heterocycles. The second kappa shape index (κ2) is 8.30. The lowest BCUT2D eigenvalue weighted by Crippen LogP contribution is -2.31. The minimum atomic E-state index is 0.124. The predicted octanol–water partition coefficient (Wildman–Crippen LogP) is 2.96. The van der Waals surface area contributed by atoms with E-state index in [2.05, 4.69) is 33.4 Å². The molecule has 6 heteroatoms. The number of aliphatic hydroxyl groups is 1. The van der Waals surface area contributed by atoms with Gasteiger partial charge in [-0.3, -0.25) is 4.90 Å². The molecule has 0 atom stereocenters. The Hall–Kier alpha value is -2.13. The topological polar surface area (TPSA) is 72.2 Å². The summed E-state index contributed by atoms with van der Waals surface area (Å²) in [5.41, 5.74) is 3.80. The monoisotopic (exact) mass is 356 g/mol. The van der Waals surface area contributed by atoms with Crippen molar-refractivity contribution in [2.24, 2.45) is 0 Å². The van der Waals surface area contributed by atoms with Crippen molar-refractivity contribution < 1.29 is 5.11 Å². The summed E-state index contributed by atoms with van der Waals surface area (Å²) in [5.74, 6) is 0.727. The number of nitriles is 1. The van der Waals surface area contributed by atoms with Gasteiger partial charge in [-0.15, -0.1) is 0 Å². The molecule has 0 radical (unpaired) electrons. The van der Waals surface area contributed by atoms with Crippen molar-refractivity contribution in [2.45, 2.75) is 25.9 Å². The maximum absolute atomic E-state index is 9.44. The first-order valence-electron chi connectivity index (χ1n) is 8.45. The summed E-state index contributed by atoms with van der Waals surface area (Å²) in [6.07, 6.45) is 1.42. The fourth-order valence-electron chi connectivity index (χ4n) is 3.18. The van der Waals surface area contributed by atoms with Crippen LogP contribution in [0.5, 0.6) is 0 Å². The summed E-state index contributed by atoms with van der Waals surface area (Å²) in [4.78, 5) is 6.75. The Balaban J connectivity index is 1.86. The number of nitrogens with one attached hydrogen (secondary N) is 1. The number of anilines is 1. The molecule has 0 bridgehead atoms. The predicted molar refractivity (Wildman–Crippen MR) is 98.4 cm³/mol. The third kappa shape index (κ3) is 4.10. The minimum Gasteiger partial charge on any atom is -0.396 e. The minimum absolute atomic E-state index is 0.124. The van der Waals surface area contributed by atoms with Crippen molar-refractivity contribution in [2.75, 3.05) is 25.0 Å². The first kappa shape index (κ1) is 17.7. The molecule has 1 aromatic heterocycles. The summed E-state index contributed by atoms with van der Waals surface area (Å²) in [6, 6.07) is 12.6. The molecule has 2 aromatic rings. The van der Waals surface area contributed by atoms with Gasteiger partial charge in [-0.2, -0.15) is 5.26 Å². The van der Waals surface area contributed by atoms with E-state index in [9.17, 15) is 5.26 Å². The van der Waals surface area contributed by atoms with Crippen molar-refractivity contribution >= 4 is 17.4 Å². The Labute approximate surface area is 152 Å². The van der Waals surface area contributed by atoms with Crippen LogP contribution in [0.2, 0.25) is 5.15 Å². The van der Waals surface area contributed by atoms with Gasteiger partial charge in [0.15, 0.2) is 0 Å². The number of rotatable bonds is 6. The first-order valence-corrected chi connectivity index (χ1v) is 8.83. The molecule has 1 aliphatic heterocycles. The van der Waals surface area contributed by atoms with Gasteiger partial charge in [0.2, 0.25) is 0 Å². The fraction of sp³-hybridized carbons (Fsp3) is 0.368.